The Balaban J connectivity index is 1.84. The molecule has 1 unspecified atom stereocenters. The standard InChI is InChI=1S/C20H27NO/c1-15-10-11-19(13-17(15)3)22-12-6-8-18(14-21)20-9-5-4-7-16(20)2/h4-5,7,9-11,13,18H,6,8,12,14,21H2,1-3H3. The third-order valence-corrected chi connectivity index (χ3v) is 4.36. The Kier molecular flexibility index (Phi) is 6.02. The smallest absolute Gasteiger partial charge is 0.119 e. The molecule has 0 aliphatic carbocycles. The lowest BCUT2D eigenvalue weighted by atomic mass is 9.91. The van der Waals surface area contributed by atoms with Gasteiger partial charge in [0.25, 0.3) is 0 Å². The van der Waals surface area contributed by atoms with Crippen LogP contribution in [0.5, 0.6) is 5.75 Å². The number of rotatable bonds is 7. The van der Waals surface area contributed by atoms with Crippen molar-refractivity contribution in [2.75, 3.05) is 13.2 Å². The highest BCUT2D eigenvalue weighted by atomic mass is 16.5. The lowest BCUT2D eigenvalue weighted by Gasteiger charge is -2.17. The van der Waals surface area contributed by atoms with Crippen LogP contribution in [-0.4, -0.2) is 13.2 Å². The van der Waals surface area contributed by atoms with Gasteiger partial charge >= 0.3 is 0 Å². The first-order valence-electron chi connectivity index (χ1n) is 8.07. The Bertz CT molecular complexity index is 606. The average molecular weight is 297 g/mol. The van der Waals surface area contributed by atoms with Gasteiger partial charge in [-0.3, -0.25) is 0 Å². The van der Waals surface area contributed by atoms with Crippen LogP contribution in [0, 0.1) is 20.8 Å². The number of benzene rings is 2. The molecule has 0 aromatic heterocycles. The fourth-order valence-corrected chi connectivity index (χ4v) is 2.77. The van der Waals surface area contributed by atoms with E-state index >= 15 is 0 Å². The molecular formula is C20H27NO. The molecule has 0 amide bonds. The molecule has 22 heavy (non-hydrogen) atoms. The van der Waals surface area contributed by atoms with Crippen molar-refractivity contribution in [2.45, 2.75) is 39.5 Å². The fourth-order valence-electron chi connectivity index (χ4n) is 2.77. The third kappa shape index (κ3) is 4.35. The van der Waals surface area contributed by atoms with Crippen molar-refractivity contribution < 1.29 is 4.74 Å². The van der Waals surface area contributed by atoms with Crippen molar-refractivity contribution in [3.63, 3.8) is 0 Å². The molecule has 2 N–H and O–H groups in total. The molecule has 2 aromatic rings. The number of ether oxygens (including phenoxy) is 1. The molecule has 0 fully saturated rings. The molecular weight excluding hydrogens is 270 g/mol. The first-order chi connectivity index (χ1) is 10.6. The molecule has 2 rings (SSSR count). The SMILES string of the molecule is Cc1ccc(OCCCC(CN)c2ccccc2C)cc1C. The lowest BCUT2D eigenvalue weighted by Crippen LogP contribution is -2.14. The van der Waals surface area contributed by atoms with Crippen molar-refractivity contribution in [3.05, 3.63) is 64.7 Å². The van der Waals surface area contributed by atoms with Gasteiger partial charge in [-0.25, -0.2) is 0 Å². The van der Waals surface area contributed by atoms with Crippen LogP contribution in [-0.2, 0) is 0 Å². The zero-order valence-corrected chi connectivity index (χ0v) is 13.9. The summed E-state index contributed by atoms with van der Waals surface area (Å²) in [5.74, 6) is 1.38. The first kappa shape index (κ1) is 16.6. The van der Waals surface area contributed by atoms with Crippen molar-refractivity contribution >= 4 is 0 Å². The summed E-state index contributed by atoms with van der Waals surface area (Å²) in [4.78, 5) is 0. The molecule has 0 aliphatic rings. The third-order valence-electron chi connectivity index (χ3n) is 4.36. The highest BCUT2D eigenvalue weighted by molar-refractivity contribution is 5.33. The van der Waals surface area contributed by atoms with E-state index in [0.29, 0.717) is 12.5 Å². The van der Waals surface area contributed by atoms with Gasteiger partial charge < -0.3 is 10.5 Å². The van der Waals surface area contributed by atoms with Gasteiger partial charge in [-0.2, -0.15) is 0 Å². The van der Waals surface area contributed by atoms with Gasteiger partial charge in [0, 0.05) is 0 Å². The van der Waals surface area contributed by atoms with E-state index in [9.17, 15) is 0 Å². The van der Waals surface area contributed by atoms with Crippen molar-refractivity contribution in [2.24, 2.45) is 5.73 Å². The van der Waals surface area contributed by atoms with Crippen LogP contribution in [0.3, 0.4) is 0 Å². The summed E-state index contributed by atoms with van der Waals surface area (Å²) in [5, 5.41) is 0. The summed E-state index contributed by atoms with van der Waals surface area (Å²) in [6.07, 6.45) is 2.08. The van der Waals surface area contributed by atoms with Gasteiger partial charge in [-0.05, 0) is 80.5 Å². The van der Waals surface area contributed by atoms with Crippen LogP contribution < -0.4 is 10.5 Å². The quantitative estimate of drug-likeness (QED) is 0.763. The molecule has 0 saturated heterocycles. The molecule has 0 saturated carbocycles. The van der Waals surface area contributed by atoms with E-state index in [-0.39, 0.29) is 0 Å². The van der Waals surface area contributed by atoms with Gasteiger partial charge in [0.05, 0.1) is 6.61 Å². The van der Waals surface area contributed by atoms with E-state index in [1.807, 2.05) is 6.07 Å². The minimum atomic E-state index is 0.421. The van der Waals surface area contributed by atoms with E-state index in [1.165, 1.54) is 22.3 Å². The normalized spacial score (nSPS) is 12.2. The van der Waals surface area contributed by atoms with Crippen LogP contribution in [0.15, 0.2) is 42.5 Å². The molecule has 0 heterocycles. The number of hydrogen-bond acceptors (Lipinski definition) is 2. The molecule has 2 aromatic carbocycles. The maximum absolute atomic E-state index is 5.96. The second kappa shape index (κ2) is 8.00. The zero-order valence-electron chi connectivity index (χ0n) is 13.9. The molecule has 1 atom stereocenters. The molecule has 0 bridgehead atoms. The van der Waals surface area contributed by atoms with Crippen LogP contribution >= 0.6 is 0 Å². The topological polar surface area (TPSA) is 35.2 Å². The summed E-state index contributed by atoms with van der Waals surface area (Å²) in [6.45, 7) is 7.82. The summed E-state index contributed by atoms with van der Waals surface area (Å²) >= 11 is 0. The fraction of sp³-hybridized carbons (Fsp3) is 0.400. The second-order valence-corrected chi connectivity index (χ2v) is 6.03. The minimum Gasteiger partial charge on any atom is -0.494 e. The maximum Gasteiger partial charge on any atom is 0.119 e. The average Bonchev–Trinajstić information content (AvgIpc) is 2.52. The summed E-state index contributed by atoms with van der Waals surface area (Å²) in [6, 6.07) is 14.8. The number of aryl methyl sites for hydroxylation is 3. The number of nitrogens with two attached hydrogens (primary N) is 1. The molecule has 0 radical (unpaired) electrons. The highest BCUT2D eigenvalue weighted by Crippen LogP contribution is 2.24. The first-order valence-corrected chi connectivity index (χ1v) is 8.07. The Morgan fingerprint density at radius 2 is 1.73 bits per heavy atom. The van der Waals surface area contributed by atoms with Crippen LogP contribution in [0.1, 0.15) is 41.0 Å². The van der Waals surface area contributed by atoms with E-state index in [4.69, 9.17) is 10.5 Å². The molecule has 2 heteroatoms. The molecule has 118 valence electrons. The molecule has 0 spiro atoms. The zero-order chi connectivity index (χ0) is 15.9. The van der Waals surface area contributed by atoms with Gasteiger partial charge in [-0.15, -0.1) is 0 Å². The van der Waals surface area contributed by atoms with E-state index < -0.39 is 0 Å². The van der Waals surface area contributed by atoms with Crippen LogP contribution in [0.2, 0.25) is 0 Å². The van der Waals surface area contributed by atoms with Gasteiger partial charge in [0.1, 0.15) is 5.75 Å². The Morgan fingerprint density at radius 3 is 2.41 bits per heavy atom. The summed E-state index contributed by atoms with van der Waals surface area (Å²) in [7, 11) is 0. The lowest BCUT2D eigenvalue weighted by molar-refractivity contribution is 0.301. The van der Waals surface area contributed by atoms with Crippen LogP contribution in [0.4, 0.5) is 0 Å². The Hall–Kier alpha value is -1.80. The maximum atomic E-state index is 5.96. The molecule has 2 nitrogen and oxygen atoms in total. The van der Waals surface area contributed by atoms with E-state index in [0.717, 1.165) is 25.2 Å². The van der Waals surface area contributed by atoms with E-state index in [2.05, 4.69) is 57.2 Å². The predicted molar refractivity (Wildman–Crippen MR) is 93.6 cm³/mol. The largest absolute Gasteiger partial charge is 0.494 e. The van der Waals surface area contributed by atoms with Crippen molar-refractivity contribution in [3.8, 4) is 5.75 Å². The Labute approximate surface area is 134 Å². The number of hydrogen-bond donors (Lipinski definition) is 1. The minimum absolute atomic E-state index is 0.421. The van der Waals surface area contributed by atoms with Crippen LogP contribution in [0.25, 0.3) is 0 Å². The summed E-state index contributed by atoms with van der Waals surface area (Å²) in [5.41, 5.74) is 11.2. The van der Waals surface area contributed by atoms with Gasteiger partial charge in [0.15, 0.2) is 0 Å². The van der Waals surface area contributed by atoms with E-state index in [1.54, 1.807) is 0 Å². The van der Waals surface area contributed by atoms with Crippen molar-refractivity contribution in [1.29, 1.82) is 0 Å². The summed E-state index contributed by atoms with van der Waals surface area (Å²) < 4.78 is 5.86. The van der Waals surface area contributed by atoms with Gasteiger partial charge in [0.2, 0.25) is 0 Å². The monoisotopic (exact) mass is 297 g/mol. The molecule has 0 aliphatic heterocycles. The predicted octanol–water partition coefficient (Wildman–Crippen LogP) is 4.51. The highest BCUT2D eigenvalue weighted by Gasteiger charge is 2.11. The van der Waals surface area contributed by atoms with Gasteiger partial charge in [-0.1, -0.05) is 30.3 Å². The second-order valence-electron chi connectivity index (χ2n) is 6.03. The van der Waals surface area contributed by atoms with Crippen molar-refractivity contribution in [1.82, 2.24) is 0 Å². The Morgan fingerprint density at radius 1 is 0.955 bits per heavy atom.